The Hall–Kier alpha value is -2.28. The van der Waals surface area contributed by atoms with Crippen molar-refractivity contribution >= 4 is 11.9 Å². The van der Waals surface area contributed by atoms with Crippen LogP contribution in [0.3, 0.4) is 0 Å². The van der Waals surface area contributed by atoms with Gasteiger partial charge in [0.15, 0.2) is 12.8 Å². The average molecular weight is 323 g/mol. The van der Waals surface area contributed by atoms with Crippen LogP contribution in [-0.2, 0) is 25.6 Å². The molecule has 1 saturated heterocycles. The topological polar surface area (TPSA) is 77.6 Å². The fourth-order valence-corrected chi connectivity index (χ4v) is 2.17. The predicted molar refractivity (Wildman–Crippen MR) is 81.1 cm³/mol. The van der Waals surface area contributed by atoms with Gasteiger partial charge in [-0.3, -0.25) is 9.59 Å². The molecule has 1 aromatic rings. The van der Waals surface area contributed by atoms with E-state index in [9.17, 15) is 9.59 Å². The molecule has 0 spiro atoms. The second-order valence-corrected chi connectivity index (χ2v) is 5.24. The number of carbonyl (C=O) groups is 2. The molecule has 23 heavy (non-hydrogen) atoms. The van der Waals surface area contributed by atoms with Crippen LogP contribution in [0.4, 0.5) is 0 Å². The van der Waals surface area contributed by atoms with Gasteiger partial charge in [0.2, 0.25) is 0 Å². The first-order valence-corrected chi connectivity index (χ1v) is 7.24. The van der Waals surface area contributed by atoms with E-state index < -0.39 is 12.1 Å². The summed E-state index contributed by atoms with van der Waals surface area (Å²) in [6.07, 6.45) is -0.588. The van der Waals surface area contributed by atoms with Gasteiger partial charge >= 0.3 is 5.97 Å². The number of hydrogen-bond donors (Lipinski definition) is 0. The third-order valence-electron chi connectivity index (χ3n) is 3.55. The highest BCUT2D eigenvalue weighted by Crippen LogP contribution is 2.28. The molecule has 1 heterocycles. The minimum absolute atomic E-state index is 0.111. The number of hydrogen-bond acceptors (Lipinski definition) is 6. The second-order valence-electron chi connectivity index (χ2n) is 5.24. The number of carbonyl (C=O) groups excluding carboxylic acids is 2. The quantitative estimate of drug-likeness (QED) is 0.428. The molecular formula is C16H21NO6. The lowest BCUT2D eigenvalue weighted by atomic mass is 10.1. The summed E-state index contributed by atoms with van der Waals surface area (Å²) >= 11 is 0. The van der Waals surface area contributed by atoms with Crippen LogP contribution in [-0.4, -0.2) is 49.9 Å². The molecule has 0 aromatic heterocycles. The Balaban J connectivity index is 2.15. The van der Waals surface area contributed by atoms with E-state index in [1.165, 1.54) is 11.8 Å². The van der Waals surface area contributed by atoms with Crippen LogP contribution < -0.4 is 9.47 Å². The number of esters is 1. The largest absolute Gasteiger partial charge is 0.497 e. The maximum Gasteiger partial charge on any atom is 0.304 e. The lowest BCUT2D eigenvalue weighted by molar-refractivity contribution is -0.152. The van der Waals surface area contributed by atoms with E-state index in [-0.39, 0.29) is 25.3 Å². The molecule has 1 amide bonds. The first-order chi connectivity index (χ1) is 11.0. The van der Waals surface area contributed by atoms with Crippen molar-refractivity contribution < 1.29 is 28.5 Å². The van der Waals surface area contributed by atoms with E-state index >= 15 is 0 Å². The van der Waals surface area contributed by atoms with Crippen molar-refractivity contribution in [3.63, 3.8) is 0 Å². The molecule has 7 heteroatoms. The maximum absolute atomic E-state index is 12.4. The highest BCUT2D eigenvalue weighted by molar-refractivity contribution is 5.83. The molecule has 0 radical (unpaired) electrons. The zero-order valence-electron chi connectivity index (χ0n) is 13.7. The summed E-state index contributed by atoms with van der Waals surface area (Å²) < 4.78 is 20.7. The minimum atomic E-state index is -0.477. The van der Waals surface area contributed by atoms with Gasteiger partial charge in [-0.25, -0.2) is 0 Å². The minimum Gasteiger partial charge on any atom is -0.497 e. The zero-order chi connectivity index (χ0) is 17.0. The molecule has 7 nitrogen and oxygen atoms in total. The van der Waals surface area contributed by atoms with Crippen LogP contribution >= 0.6 is 0 Å². The molecule has 126 valence electrons. The van der Waals surface area contributed by atoms with Crippen LogP contribution in [0.5, 0.6) is 11.5 Å². The van der Waals surface area contributed by atoms with Gasteiger partial charge in [0.25, 0.3) is 5.91 Å². The van der Waals surface area contributed by atoms with Gasteiger partial charge in [-0.05, 0) is 19.1 Å². The average Bonchev–Trinajstić information content (AvgIpc) is 3.27. The van der Waals surface area contributed by atoms with Crippen molar-refractivity contribution in [2.45, 2.75) is 32.6 Å². The van der Waals surface area contributed by atoms with Gasteiger partial charge < -0.3 is 23.8 Å². The second kappa shape index (κ2) is 7.32. The van der Waals surface area contributed by atoms with Crippen molar-refractivity contribution in [2.24, 2.45) is 0 Å². The number of benzene rings is 1. The van der Waals surface area contributed by atoms with Crippen molar-refractivity contribution in [2.75, 3.05) is 21.0 Å². The van der Waals surface area contributed by atoms with Crippen molar-refractivity contribution in [3.05, 3.63) is 23.8 Å². The van der Waals surface area contributed by atoms with Gasteiger partial charge in [-0.2, -0.15) is 0 Å². The summed E-state index contributed by atoms with van der Waals surface area (Å²) in [7, 11) is 3.11. The number of amides is 1. The molecule has 1 aromatic carbocycles. The molecule has 2 atom stereocenters. The monoisotopic (exact) mass is 323 g/mol. The fourth-order valence-electron chi connectivity index (χ4n) is 2.17. The van der Waals surface area contributed by atoms with E-state index in [0.717, 1.165) is 5.56 Å². The van der Waals surface area contributed by atoms with Crippen molar-refractivity contribution in [1.29, 1.82) is 0 Å². The van der Waals surface area contributed by atoms with Crippen LogP contribution in [0.25, 0.3) is 0 Å². The summed E-state index contributed by atoms with van der Waals surface area (Å²) in [5.41, 5.74) is 0.780. The molecular weight excluding hydrogens is 302 g/mol. The van der Waals surface area contributed by atoms with Gasteiger partial charge in [0, 0.05) is 18.6 Å². The molecule has 1 aliphatic rings. The van der Waals surface area contributed by atoms with E-state index in [2.05, 4.69) is 0 Å². The van der Waals surface area contributed by atoms with Gasteiger partial charge in [-0.1, -0.05) is 0 Å². The van der Waals surface area contributed by atoms with E-state index in [0.29, 0.717) is 11.5 Å². The molecule has 1 fully saturated rings. The SMILES string of the molecule is COc1ccc(CN(COC(C)=O)C(=O)[C@@H]2O[C@@H]2C)c(OC)c1. The molecule has 2 rings (SSSR count). The van der Waals surface area contributed by atoms with Gasteiger partial charge in [-0.15, -0.1) is 0 Å². The van der Waals surface area contributed by atoms with Crippen LogP contribution in [0.15, 0.2) is 18.2 Å². The van der Waals surface area contributed by atoms with Crippen molar-refractivity contribution in [3.8, 4) is 11.5 Å². The van der Waals surface area contributed by atoms with Crippen LogP contribution in [0, 0.1) is 0 Å². The maximum atomic E-state index is 12.4. The highest BCUT2D eigenvalue weighted by Gasteiger charge is 2.43. The Labute approximate surface area is 135 Å². The Morgan fingerprint density at radius 1 is 1.26 bits per heavy atom. The first kappa shape index (κ1) is 17.1. The Morgan fingerprint density at radius 3 is 2.48 bits per heavy atom. The number of epoxide rings is 1. The molecule has 0 unspecified atom stereocenters. The summed E-state index contributed by atoms with van der Waals surface area (Å²) in [5, 5.41) is 0. The van der Waals surface area contributed by atoms with Gasteiger partial charge in [0.05, 0.1) is 26.9 Å². The van der Waals surface area contributed by atoms with Crippen LogP contribution in [0.2, 0.25) is 0 Å². The Morgan fingerprint density at radius 2 is 1.96 bits per heavy atom. The summed E-state index contributed by atoms with van der Waals surface area (Å²) in [5.74, 6) is 0.586. The summed E-state index contributed by atoms with van der Waals surface area (Å²) in [4.78, 5) is 24.9. The molecule has 0 saturated carbocycles. The fraction of sp³-hybridized carbons (Fsp3) is 0.500. The van der Waals surface area contributed by atoms with E-state index in [1.807, 2.05) is 13.0 Å². The van der Waals surface area contributed by atoms with Crippen molar-refractivity contribution in [1.82, 2.24) is 4.90 Å². The molecule has 0 aliphatic carbocycles. The number of nitrogens with zero attached hydrogens (tertiary/aromatic N) is 1. The third-order valence-corrected chi connectivity index (χ3v) is 3.55. The zero-order valence-corrected chi connectivity index (χ0v) is 13.7. The third kappa shape index (κ3) is 4.35. The molecule has 0 N–H and O–H groups in total. The molecule has 0 bridgehead atoms. The number of methoxy groups -OCH3 is 2. The van der Waals surface area contributed by atoms with E-state index in [4.69, 9.17) is 18.9 Å². The molecule has 1 aliphatic heterocycles. The number of rotatable bonds is 7. The Kier molecular flexibility index (Phi) is 5.44. The van der Waals surface area contributed by atoms with Crippen LogP contribution in [0.1, 0.15) is 19.4 Å². The first-order valence-electron chi connectivity index (χ1n) is 7.24. The summed E-state index contributed by atoms with van der Waals surface area (Å²) in [6.45, 7) is 3.23. The predicted octanol–water partition coefficient (Wildman–Crippen LogP) is 1.34. The summed E-state index contributed by atoms with van der Waals surface area (Å²) in [6, 6.07) is 5.32. The lowest BCUT2D eigenvalue weighted by Gasteiger charge is -2.22. The highest BCUT2D eigenvalue weighted by atomic mass is 16.6. The smallest absolute Gasteiger partial charge is 0.304 e. The standard InChI is InChI=1S/C16H21NO6/c1-10-15(23-10)16(19)17(9-22-11(2)18)8-12-5-6-13(20-3)7-14(12)21-4/h5-7,10,15H,8-9H2,1-4H3/t10-,15-/m1/s1. The lowest BCUT2D eigenvalue weighted by Crippen LogP contribution is -2.37. The normalized spacial score (nSPS) is 19.0. The van der Waals surface area contributed by atoms with Gasteiger partial charge in [0.1, 0.15) is 11.5 Å². The Bertz CT molecular complexity index is 588. The number of ether oxygens (including phenoxy) is 4. The van der Waals surface area contributed by atoms with E-state index in [1.54, 1.807) is 26.4 Å².